The molecule has 0 bridgehead atoms. The normalized spacial score (nSPS) is 12.4. The number of rotatable bonds is 4. The number of aryl methyl sites for hydroxylation is 2. The maximum absolute atomic E-state index is 11.0. The zero-order chi connectivity index (χ0) is 15.7. The van der Waals surface area contributed by atoms with Gasteiger partial charge in [-0.3, -0.25) is 0 Å². The monoisotopic (exact) mass is 286 g/mol. The zero-order valence-electron chi connectivity index (χ0n) is 13.0. The van der Waals surface area contributed by atoms with E-state index in [0.717, 1.165) is 29.1 Å². The first-order chi connectivity index (χ1) is 9.81. The van der Waals surface area contributed by atoms with Crippen LogP contribution < -0.4 is 5.73 Å². The fraction of sp³-hybridized carbons (Fsp3) is 0.353. The van der Waals surface area contributed by atoms with E-state index in [0.29, 0.717) is 5.56 Å². The number of hydrogen-bond acceptors (Lipinski definition) is 2. The largest absolute Gasteiger partial charge is 0.478 e. The quantitative estimate of drug-likeness (QED) is 0.908. The van der Waals surface area contributed by atoms with Gasteiger partial charge in [-0.2, -0.15) is 0 Å². The number of carboxylic acid groups (broad SMARTS) is 1. The summed E-state index contributed by atoms with van der Waals surface area (Å²) in [4.78, 5) is 11.0. The smallest absolute Gasteiger partial charge is 0.335 e. The highest BCUT2D eigenvalue weighted by Crippen LogP contribution is 2.24. The highest BCUT2D eigenvalue weighted by Gasteiger charge is 2.14. The highest BCUT2D eigenvalue weighted by atomic mass is 16.4. The van der Waals surface area contributed by atoms with Crippen LogP contribution in [0.3, 0.4) is 0 Å². The lowest BCUT2D eigenvalue weighted by molar-refractivity contribution is 0.0697. The molecule has 1 atom stereocenters. The number of carboxylic acids is 1. The predicted molar refractivity (Wildman–Crippen MR) is 84.3 cm³/mol. The summed E-state index contributed by atoms with van der Waals surface area (Å²) in [6, 6.07) is 7.50. The Morgan fingerprint density at radius 2 is 1.95 bits per heavy atom. The first-order valence-corrected chi connectivity index (χ1v) is 7.09. The SMILES string of the molecule is Cc1cc(C(=O)O)ccc1-n1c(C)cc(CC(C)N)c1C. The number of nitrogens with two attached hydrogens (primary N) is 1. The molecule has 0 aliphatic heterocycles. The average molecular weight is 286 g/mol. The molecule has 1 aromatic carbocycles. The molecule has 4 heteroatoms. The second-order valence-corrected chi connectivity index (χ2v) is 5.72. The van der Waals surface area contributed by atoms with Crippen LogP contribution >= 0.6 is 0 Å². The molecule has 112 valence electrons. The minimum atomic E-state index is -0.900. The molecule has 0 saturated heterocycles. The number of aromatic carboxylic acids is 1. The van der Waals surface area contributed by atoms with Crippen molar-refractivity contribution in [3.63, 3.8) is 0 Å². The van der Waals surface area contributed by atoms with Crippen LogP contribution in [0.5, 0.6) is 0 Å². The molecule has 4 nitrogen and oxygen atoms in total. The van der Waals surface area contributed by atoms with E-state index in [-0.39, 0.29) is 6.04 Å². The third-order valence-electron chi connectivity index (χ3n) is 3.76. The van der Waals surface area contributed by atoms with Crippen molar-refractivity contribution in [1.82, 2.24) is 4.57 Å². The maximum atomic E-state index is 11.0. The molecule has 3 N–H and O–H groups in total. The van der Waals surface area contributed by atoms with Crippen molar-refractivity contribution in [2.24, 2.45) is 5.73 Å². The summed E-state index contributed by atoms with van der Waals surface area (Å²) >= 11 is 0. The fourth-order valence-electron chi connectivity index (χ4n) is 2.79. The Balaban J connectivity index is 2.52. The van der Waals surface area contributed by atoms with Crippen molar-refractivity contribution in [2.75, 3.05) is 0 Å². The van der Waals surface area contributed by atoms with Crippen molar-refractivity contribution in [3.8, 4) is 5.69 Å². The molecule has 0 aliphatic carbocycles. The van der Waals surface area contributed by atoms with Crippen LogP contribution in [0.25, 0.3) is 5.69 Å². The van der Waals surface area contributed by atoms with Crippen molar-refractivity contribution < 1.29 is 9.90 Å². The molecule has 0 amide bonds. The first kappa shape index (κ1) is 15.3. The van der Waals surface area contributed by atoms with Crippen molar-refractivity contribution in [1.29, 1.82) is 0 Å². The van der Waals surface area contributed by atoms with E-state index in [1.807, 2.05) is 19.9 Å². The molecule has 1 heterocycles. The van der Waals surface area contributed by atoms with E-state index in [9.17, 15) is 4.79 Å². The highest BCUT2D eigenvalue weighted by molar-refractivity contribution is 5.88. The van der Waals surface area contributed by atoms with Gasteiger partial charge in [0.1, 0.15) is 0 Å². The third kappa shape index (κ3) is 3.00. The zero-order valence-corrected chi connectivity index (χ0v) is 13.0. The van der Waals surface area contributed by atoms with E-state index in [4.69, 9.17) is 10.8 Å². The van der Waals surface area contributed by atoms with Crippen LogP contribution in [0.4, 0.5) is 0 Å². The van der Waals surface area contributed by atoms with E-state index in [1.165, 1.54) is 5.56 Å². The number of hydrogen-bond donors (Lipinski definition) is 2. The molecule has 0 radical (unpaired) electrons. The summed E-state index contributed by atoms with van der Waals surface area (Å²) in [7, 11) is 0. The second-order valence-electron chi connectivity index (χ2n) is 5.72. The Kier molecular flexibility index (Phi) is 4.19. The van der Waals surface area contributed by atoms with E-state index < -0.39 is 5.97 Å². The number of carbonyl (C=O) groups is 1. The number of benzene rings is 1. The van der Waals surface area contributed by atoms with E-state index in [1.54, 1.807) is 12.1 Å². The number of nitrogens with zero attached hydrogens (tertiary/aromatic N) is 1. The number of aromatic nitrogens is 1. The van der Waals surface area contributed by atoms with Gasteiger partial charge in [0.05, 0.1) is 5.56 Å². The Hall–Kier alpha value is -2.07. The Bertz CT molecular complexity index is 684. The summed E-state index contributed by atoms with van der Waals surface area (Å²) in [5, 5.41) is 9.06. The van der Waals surface area contributed by atoms with Gasteiger partial charge in [-0.05, 0) is 69.5 Å². The van der Waals surface area contributed by atoms with Crippen LogP contribution in [0.15, 0.2) is 24.3 Å². The summed E-state index contributed by atoms with van der Waals surface area (Å²) in [5.74, 6) is -0.900. The lowest BCUT2D eigenvalue weighted by atomic mass is 10.1. The molecule has 21 heavy (non-hydrogen) atoms. The Morgan fingerprint density at radius 3 is 2.48 bits per heavy atom. The van der Waals surface area contributed by atoms with Gasteiger partial charge in [0.15, 0.2) is 0 Å². The fourth-order valence-corrected chi connectivity index (χ4v) is 2.79. The Morgan fingerprint density at radius 1 is 1.29 bits per heavy atom. The molecule has 2 rings (SSSR count). The molecular weight excluding hydrogens is 264 g/mol. The first-order valence-electron chi connectivity index (χ1n) is 7.09. The summed E-state index contributed by atoms with van der Waals surface area (Å²) in [6.07, 6.45) is 0.839. The van der Waals surface area contributed by atoms with Gasteiger partial charge in [0, 0.05) is 23.1 Å². The van der Waals surface area contributed by atoms with Gasteiger partial charge in [-0.15, -0.1) is 0 Å². The molecule has 1 unspecified atom stereocenters. The molecule has 2 aromatic rings. The lowest BCUT2D eigenvalue weighted by Gasteiger charge is -2.14. The predicted octanol–water partition coefficient (Wildman–Crippen LogP) is 2.99. The van der Waals surface area contributed by atoms with Crippen LogP contribution in [0.2, 0.25) is 0 Å². The van der Waals surface area contributed by atoms with E-state index in [2.05, 4.69) is 24.5 Å². The van der Waals surface area contributed by atoms with Crippen LogP contribution in [-0.2, 0) is 6.42 Å². The third-order valence-corrected chi connectivity index (χ3v) is 3.76. The Labute approximate surface area is 125 Å². The van der Waals surface area contributed by atoms with Crippen molar-refractivity contribution in [2.45, 2.75) is 40.2 Å². The molecular formula is C17H22N2O2. The molecule has 0 aliphatic rings. The van der Waals surface area contributed by atoms with Crippen LogP contribution in [0.1, 0.15) is 39.8 Å². The van der Waals surface area contributed by atoms with Crippen molar-refractivity contribution >= 4 is 5.97 Å². The van der Waals surface area contributed by atoms with Gasteiger partial charge in [-0.25, -0.2) is 4.79 Å². The molecule has 0 fully saturated rings. The van der Waals surface area contributed by atoms with E-state index >= 15 is 0 Å². The average Bonchev–Trinajstić information content (AvgIpc) is 2.64. The van der Waals surface area contributed by atoms with Crippen molar-refractivity contribution in [3.05, 3.63) is 52.3 Å². The molecule has 1 aromatic heterocycles. The topological polar surface area (TPSA) is 68.2 Å². The van der Waals surface area contributed by atoms with Gasteiger partial charge in [0.25, 0.3) is 0 Å². The lowest BCUT2D eigenvalue weighted by Crippen LogP contribution is -2.18. The van der Waals surface area contributed by atoms with Crippen LogP contribution in [0, 0.1) is 20.8 Å². The molecule has 0 saturated carbocycles. The summed E-state index contributed by atoms with van der Waals surface area (Å²) in [5.41, 5.74) is 11.7. The van der Waals surface area contributed by atoms with Gasteiger partial charge in [-0.1, -0.05) is 0 Å². The summed E-state index contributed by atoms with van der Waals surface area (Å²) in [6.45, 7) is 8.07. The minimum Gasteiger partial charge on any atom is -0.478 e. The molecule has 0 spiro atoms. The summed E-state index contributed by atoms with van der Waals surface area (Å²) < 4.78 is 2.17. The van der Waals surface area contributed by atoms with Gasteiger partial charge >= 0.3 is 5.97 Å². The second kappa shape index (κ2) is 5.74. The maximum Gasteiger partial charge on any atom is 0.335 e. The van der Waals surface area contributed by atoms with Gasteiger partial charge in [0.2, 0.25) is 0 Å². The minimum absolute atomic E-state index is 0.120. The standard InChI is InChI=1S/C17H22N2O2/c1-10-7-14(17(20)21)5-6-16(10)19-12(3)9-15(13(19)4)8-11(2)18/h5-7,9,11H,8,18H2,1-4H3,(H,20,21). The van der Waals surface area contributed by atoms with Gasteiger partial charge < -0.3 is 15.4 Å². The van der Waals surface area contributed by atoms with Crippen LogP contribution in [-0.4, -0.2) is 21.7 Å².